The summed E-state index contributed by atoms with van der Waals surface area (Å²) in [6.45, 7) is 4.57. The second-order valence-corrected chi connectivity index (χ2v) is 3.50. The standard InChI is InChI=1S/C11H12O2/c1-7-3-4-9(8(2)5-7)11(12)10-6-13-10/h3-5,10H,6H2,1-2H3. The number of benzene rings is 1. The van der Waals surface area contributed by atoms with Crippen LogP contribution in [0.15, 0.2) is 18.2 Å². The van der Waals surface area contributed by atoms with Gasteiger partial charge in [0.25, 0.3) is 0 Å². The van der Waals surface area contributed by atoms with E-state index in [1.54, 1.807) is 0 Å². The van der Waals surface area contributed by atoms with Crippen LogP contribution in [0, 0.1) is 13.8 Å². The van der Waals surface area contributed by atoms with Crippen molar-refractivity contribution in [3.8, 4) is 0 Å². The smallest absolute Gasteiger partial charge is 0.194 e. The molecule has 1 aliphatic rings. The van der Waals surface area contributed by atoms with Gasteiger partial charge in [-0.05, 0) is 19.4 Å². The van der Waals surface area contributed by atoms with Crippen molar-refractivity contribution in [3.63, 3.8) is 0 Å². The molecule has 2 rings (SSSR count). The Morgan fingerprint density at radius 2 is 2.15 bits per heavy atom. The molecule has 68 valence electrons. The summed E-state index contributed by atoms with van der Waals surface area (Å²) in [6.07, 6.45) is -0.165. The molecule has 1 aromatic carbocycles. The highest BCUT2D eigenvalue weighted by Gasteiger charge is 2.32. The van der Waals surface area contributed by atoms with Gasteiger partial charge in [-0.25, -0.2) is 0 Å². The van der Waals surface area contributed by atoms with E-state index in [2.05, 4.69) is 0 Å². The van der Waals surface area contributed by atoms with Crippen LogP contribution >= 0.6 is 0 Å². The first-order valence-corrected chi connectivity index (χ1v) is 4.41. The maximum Gasteiger partial charge on any atom is 0.194 e. The Hall–Kier alpha value is -1.15. The van der Waals surface area contributed by atoms with Crippen LogP contribution in [0.25, 0.3) is 0 Å². The molecule has 0 radical (unpaired) electrons. The largest absolute Gasteiger partial charge is 0.364 e. The van der Waals surface area contributed by atoms with Gasteiger partial charge in [-0.3, -0.25) is 4.79 Å². The van der Waals surface area contributed by atoms with Gasteiger partial charge in [-0.15, -0.1) is 0 Å². The van der Waals surface area contributed by atoms with Crippen molar-refractivity contribution in [3.05, 3.63) is 34.9 Å². The van der Waals surface area contributed by atoms with Crippen LogP contribution in [0.1, 0.15) is 21.5 Å². The zero-order valence-corrected chi connectivity index (χ0v) is 7.83. The number of Topliss-reactive ketones (excluding diaryl/α,β-unsaturated/α-hetero) is 1. The quantitative estimate of drug-likeness (QED) is 0.508. The average molecular weight is 176 g/mol. The molecule has 13 heavy (non-hydrogen) atoms. The van der Waals surface area contributed by atoms with E-state index >= 15 is 0 Å². The molecule has 1 aliphatic heterocycles. The number of aryl methyl sites for hydroxylation is 2. The molecule has 0 saturated carbocycles. The zero-order chi connectivity index (χ0) is 9.42. The molecule has 0 spiro atoms. The normalized spacial score (nSPS) is 20.0. The monoisotopic (exact) mass is 176 g/mol. The van der Waals surface area contributed by atoms with E-state index in [-0.39, 0.29) is 11.9 Å². The molecule has 2 nitrogen and oxygen atoms in total. The number of carbonyl (C=O) groups excluding carboxylic acids is 1. The number of hydrogen-bond acceptors (Lipinski definition) is 2. The molecule has 2 heteroatoms. The number of epoxide rings is 1. The summed E-state index contributed by atoms with van der Waals surface area (Å²) in [5, 5.41) is 0. The van der Waals surface area contributed by atoms with E-state index < -0.39 is 0 Å². The van der Waals surface area contributed by atoms with Crippen LogP contribution in [0.5, 0.6) is 0 Å². The average Bonchev–Trinajstić information content (AvgIpc) is 2.85. The first-order chi connectivity index (χ1) is 6.18. The Morgan fingerprint density at radius 3 is 2.69 bits per heavy atom. The second kappa shape index (κ2) is 2.96. The predicted molar refractivity (Wildman–Crippen MR) is 50.0 cm³/mol. The fraction of sp³-hybridized carbons (Fsp3) is 0.364. The molecular weight excluding hydrogens is 164 g/mol. The minimum Gasteiger partial charge on any atom is -0.364 e. The zero-order valence-electron chi connectivity index (χ0n) is 7.83. The molecule has 1 heterocycles. The summed E-state index contributed by atoms with van der Waals surface area (Å²) in [5.74, 6) is 0.123. The first kappa shape index (κ1) is 8.45. The molecule has 1 saturated heterocycles. The Balaban J connectivity index is 2.33. The molecule has 0 aliphatic carbocycles. The van der Waals surface area contributed by atoms with Crippen molar-refractivity contribution < 1.29 is 9.53 Å². The van der Waals surface area contributed by atoms with Crippen molar-refractivity contribution in [2.75, 3.05) is 6.61 Å². The minimum absolute atomic E-state index is 0.123. The lowest BCUT2D eigenvalue weighted by Gasteiger charge is -2.03. The molecule has 0 amide bonds. The lowest BCUT2D eigenvalue weighted by atomic mass is 10.0. The summed E-state index contributed by atoms with van der Waals surface area (Å²) in [7, 11) is 0. The van der Waals surface area contributed by atoms with Gasteiger partial charge in [0.15, 0.2) is 5.78 Å². The van der Waals surface area contributed by atoms with E-state index in [1.807, 2.05) is 32.0 Å². The van der Waals surface area contributed by atoms with Crippen molar-refractivity contribution in [2.24, 2.45) is 0 Å². The number of rotatable bonds is 2. The maximum atomic E-state index is 11.6. The van der Waals surface area contributed by atoms with Crippen molar-refractivity contribution in [2.45, 2.75) is 20.0 Å². The number of carbonyl (C=O) groups is 1. The van der Waals surface area contributed by atoms with Gasteiger partial charge < -0.3 is 4.74 Å². The van der Waals surface area contributed by atoms with E-state index in [0.717, 1.165) is 11.1 Å². The molecule has 0 N–H and O–H groups in total. The number of ether oxygens (including phenoxy) is 1. The Bertz CT molecular complexity index is 351. The van der Waals surface area contributed by atoms with Crippen LogP contribution in [-0.4, -0.2) is 18.5 Å². The summed E-state index contributed by atoms with van der Waals surface area (Å²) in [4.78, 5) is 11.6. The van der Waals surface area contributed by atoms with Crippen molar-refractivity contribution in [1.29, 1.82) is 0 Å². The molecule has 1 fully saturated rings. The van der Waals surface area contributed by atoms with Gasteiger partial charge >= 0.3 is 0 Å². The Morgan fingerprint density at radius 1 is 1.46 bits per heavy atom. The summed E-state index contributed by atoms with van der Waals surface area (Å²) < 4.78 is 4.96. The topological polar surface area (TPSA) is 29.6 Å². The van der Waals surface area contributed by atoms with E-state index in [4.69, 9.17) is 4.74 Å². The Labute approximate surface area is 77.5 Å². The van der Waals surface area contributed by atoms with Gasteiger partial charge in [0.2, 0.25) is 0 Å². The Kier molecular flexibility index (Phi) is 1.93. The fourth-order valence-corrected chi connectivity index (χ4v) is 1.46. The van der Waals surface area contributed by atoms with Crippen LogP contribution in [0.4, 0.5) is 0 Å². The third-order valence-corrected chi connectivity index (χ3v) is 2.27. The van der Waals surface area contributed by atoms with Gasteiger partial charge in [0.1, 0.15) is 6.10 Å². The van der Waals surface area contributed by atoms with Gasteiger partial charge in [-0.1, -0.05) is 23.8 Å². The molecule has 1 aromatic rings. The highest BCUT2D eigenvalue weighted by molar-refractivity contribution is 6.02. The first-order valence-electron chi connectivity index (χ1n) is 4.41. The number of hydrogen-bond donors (Lipinski definition) is 0. The summed E-state index contributed by atoms with van der Waals surface area (Å²) >= 11 is 0. The summed E-state index contributed by atoms with van der Waals surface area (Å²) in [6, 6.07) is 5.87. The third-order valence-electron chi connectivity index (χ3n) is 2.27. The molecule has 0 aromatic heterocycles. The predicted octanol–water partition coefficient (Wildman–Crippen LogP) is 1.88. The fourth-order valence-electron chi connectivity index (χ4n) is 1.46. The molecule has 0 bridgehead atoms. The lowest BCUT2D eigenvalue weighted by molar-refractivity contribution is 0.0953. The third kappa shape index (κ3) is 1.63. The molecular formula is C11H12O2. The van der Waals surface area contributed by atoms with E-state index in [9.17, 15) is 4.79 Å². The highest BCUT2D eigenvalue weighted by atomic mass is 16.6. The second-order valence-electron chi connectivity index (χ2n) is 3.50. The highest BCUT2D eigenvalue weighted by Crippen LogP contribution is 2.19. The lowest BCUT2D eigenvalue weighted by Crippen LogP contribution is -2.08. The number of ketones is 1. The van der Waals surface area contributed by atoms with Crippen LogP contribution in [0.2, 0.25) is 0 Å². The minimum atomic E-state index is -0.165. The maximum absolute atomic E-state index is 11.6. The van der Waals surface area contributed by atoms with Crippen molar-refractivity contribution >= 4 is 5.78 Å². The van der Waals surface area contributed by atoms with Gasteiger partial charge in [-0.2, -0.15) is 0 Å². The van der Waals surface area contributed by atoms with Gasteiger partial charge in [0, 0.05) is 5.56 Å². The van der Waals surface area contributed by atoms with Crippen molar-refractivity contribution in [1.82, 2.24) is 0 Å². The molecule has 1 unspecified atom stereocenters. The van der Waals surface area contributed by atoms with Crippen LogP contribution in [0.3, 0.4) is 0 Å². The van der Waals surface area contributed by atoms with Gasteiger partial charge in [0.05, 0.1) is 6.61 Å². The van der Waals surface area contributed by atoms with Crippen LogP contribution in [-0.2, 0) is 4.74 Å². The van der Waals surface area contributed by atoms with E-state index in [1.165, 1.54) is 5.56 Å². The SMILES string of the molecule is Cc1ccc(C(=O)C2CO2)c(C)c1. The molecule has 1 atom stereocenters. The van der Waals surface area contributed by atoms with E-state index in [0.29, 0.717) is 6.61 Å². The van der Waals surface area contributed by atoms with Crippen LogP contribution < -0.4 is 0 Å². The summed E-state index contributed by atoms with van der Waals surface area (Å²) in [5.41, 5.74) is 3.03.